The average molecular weight is 325 g/mol. The van der Waals surface area contributed by atoms with Gasteiger partial charge in [0.25, 0.3) is 5.65 Å². The molecule has 0 saturated heterocycles. The average Bonchev–Trinajstić information content (AvgIpc) is 3.30. The van der Waals surface area contributed by atoms with Gasteiger partial charge < -0.3 is 0 Å². The molecule has 5 aromatic rings. The molecule has 0 fully saturated rings. The normalized spacial score (nSPS) is 12.6. The molecule has 0 bridgehead atoms. The van der Waals surface area contributed by atoms with Gasteiger partial charge in [-0.3, -0.25) is 4.98 Å². The van der Waals surface area contributed by atoms with Gasteiger partial charge in [-0.05, 0) is 18.2 Å². The molecule has 1 aliphatic heterocycles. The lowest BCUT2D eigenvalue weighted by Gasteiger charge is -2.03. The summed E-state index contributed by atoms with van der Waals surface area (Å²) >= 11 is 0. The summed E-state index contributed by atoms with van der Waals surface area (Å²) in [6.07, 6.45) is 7.39. The summed E-state index contributed by atoms with van der Waals surface area (Å²) in [4.78, 5) is 13.5. The number of hydrogen-bond acceptors (Lipinski definition) is 3. The second-order valence-electron chi connectivity index (χ2n) is 6.18. The first-order valence-electron chi connectivity index (χ1n) is 8.17. The molecule has 5 heterocycles. The van der Waals surface area contributed by atoms with Gasteiger partial charge in [0.2, 0.25) is 11.5 Å². The number of pyridine rings is 1. The molecule has 0 amide bonds. The SMILES string of the molecule is c1ccc(-n2c3[n+](c4nc5ccncn5c42)Cc2ccncc2-3)cc1. The molecule has 1 aromatic carbocycles. The van der Waals surface area contributed by atoms with Crippen LogP contribution in [-0.2, 0) is 6.54 Å². The third-order valence-corrected chi connectivity index (χ3v) is 4.82. The van der Waals surface area contributed by atoms with Gasteiger partial charge >= 0.3 is 5.65 Å². The van der Waals surface area contributed by atoms with E-state index in [-0.39, 0.29) is 0 Å². The van der Waals surface area contributed by atoms with Crippen LogP contribution in [0, 0.1) is 0 Å². The fourth-order valence-corrected chi connectivity index (χ4v) is 3.76. The van der Waals surface area contributed by atoms with Crippen LogP contribution in [0.25, 0.3) is 34.0 Å². The summed E-state index contributed by atoms with van der Waals surface area (Å²) in [7, 11) is 0. The Labute approximate surface area is 142 Å². The van der Waals surface area contributed by atoms with E-state index in [0.717, 1.165) is 40.6 Å². The summed E-state index contributed by atoms with van der Waals surface area (Å²) in [5, 5.41) is 0. The van der Waals surface area contributed by atoms with Crippen molar-refractivity contribution >= 4 is 16.9 Å². The predicted molar refractivity (Wildman–Crippen MR) is 92.3 cm³/mol. The van der Waals surface area contributed by atoms with Crippen molar-refractivity contribution < 1.29 is 4.57 Å². The Kier molecular flexibility index (Phi) is 2.31. The zero-order chi connectivity index (χ0) is 16.4. The first-order valence-corrected chi connectivity index (χ1v) is 8.17. The number of hydrogen-bond donors (Lipinski definition) is 0. The van der Waals surface area contributed by atoms with Crippen LogP contribution in [0.15, 0.2) is 67.4 Å². The third-order valence-electron chi connectivity index (χ3n) is 4.82. The summed E-state index contributed by atoms with van der Waals surface area (Å²) in [6, 6.07) is 14.4. The number of imidazole rings is 2. The summed E-state index contributed by atoms with van der Waals surface area (Å²) < 4.78 is 6.57. The van der Waals surface area contributed by atoms with E-state index in [9.17, 15) is 0 Å². The standard InChI is InChI=1S/C19H13N6/c1-2-4-14(5-3-1)25-18-15-10-20-8-6-13(15)11-23(18)17-19(25)24-12-21-9-7-16(24)22-17/h1-10,12H,11H2/q+1. The third kappa shape index (κ3) is 1.58. The van der Waals surface area contributed by atoms with Crippen LogP contribution in [0.5, 0.6) is 0 Å². The summed E-state index contributed by atoms with van der Waals surface area (Å²) in [5.74, 6) is 1.12. The van der Waals surface area contributed by atoms with E-state index in [2.05, 4.69) is 49.4 Å². The van der Waals surface area contributed by atoms with Crippen molar-refractivity contribution in [2.45, 2.75) is 6.54 Å². The highest BCUT2D eigenvalue weighted by Crippen LogP contribution is 2.33. The lowest BCUT2D eigenvalue weighted by Crippen LogP contribution is -2.31. The highest BCUT2D eigenvalue weighted by atomic mass is 15.3. The van der Waals surface area contributed by atoms with Gasteiger partial charge in [0.05, 0.1) is 12.1 Å². The smallest absolute Gasteiger partial charge is 0.264 e. The van der Waals surface area contributed by atoms with Crippen LogP contribution in [0.1, 0.15) is 5.56 Å². The number of benzene rings is 1. The summed E-state index contributed by atoms with van der Waals surface area (Å²) in [5.41, 5.74) is 6.41. The van der Waals surface area contributed by atoms with Gasteiger partial charge in [0, 0.05) is 30.2 Å². The topological polar surface area (TPSA) is 51.9 Å². The van der Waals surface area contributed by atoms with Crippen LogP contribution < -0.4 is 4.57 Å². The Morgan fingerprint density at radius 1 is 0.960 bits per heavy atom. The fourth-order valence-electron chi connectivity index (χ4n) is 3.76. The number of rotatable bonds is 1. The van der Waals surface area contributed by atoms with Crippen molar-refractivity contribution in [1.82, 2.24) is 23.9 Å². The lowest BCUT2D eigenvalue weighted by molar-refractivity contribution is -0.647. The largest absolute Gasteiger partial charge is 0.324 e. The Balaban J connectivity index is 1.84. The van der Waals surface area contributed by atoms with Crippen molar-refractivity contribution in [1.29, 1.82) is 0 Å². The van der Waals surface area contributed by atoms with Crippen molar-refractivity contribution in [2.75, 3.05) is 0 Å². The molecule has 0 saturated carbocycles. The van der Waals surface area contributed by atoms with Crippen LogP contribution in [0.2, 0.25) is 0 Å². The zero-order valence-corrected chi connectivity index (χ0v) is 13.2. The Morgan fingerprint density at radius 2 is 1.84 bits per heavy atom. The molecule has 25 heavy (non-hydrogen) atoms. The number of fused-ring (bicyclic) bond motifs is 7. The van der Waals surface area contributed by atoms with Gasteiger partial charge in [-0.1, -0.05) is 23.2 Å². The van der Waals surface area contributed by atoms with Gasteiger partial charge in [-0.25, -0.2) is 18.5 Å². The highest BCUT2D eigenvalue weighted by Gasteiger charge is 2.36. The van der Waals surface area contributed by atoms with E-state index < -0.39 is 0 Å². The van der Waals surface area contributed by atoms with E-state index in [1.165, 1.54) is 5.56 Å². The minimum absolute atomic E-state index is 0.806. The van der Waals surface area contributed by atoms with Crippen molar-refractivity contribution in [2.24, 2.45) is 0 Å². The van der Waals surface area contributed by atoms with Gasteiger partial charge in [0.15, 0.2) is 0 Å². The maximum absolute atomic E-state index is 4.86. The molecule has 0 unspecified atom stereocenters. The van der Waals surface area contributed by atoms with E-state index in [1.807, 2.05) is 35.3 Å². The minimum atomic E-state index is 0.806. The zero-order valence-electron chi connectivity index (χ0n) is 13.2. The first-order chi connectivity index (χ1) is 12.4. The molecule has 1 aliphatic rings. The van der Waals surface area contributed by atoms with E-state index >= 15 is 0 Å². The first kappa shape index (κ1) is 12.8. The highest BCUT2D eigenvalue weighted by molar-refractivity contribution is 5.79. The van der Waals surface area contributed by atoms with E-state index in [0.29, 0.717) is 0 Å². The van der Waals surface area contributed by atoms with Crippen LogP contribution >= 0.6 is 0 Å². The molecule has 118 valence electrons. The van der Waals surface area contributed by atoms with Crippen LogP contribution in [0.4, 0.5) is 0 Å². The Bertz CT molecular complexity index is 1270. The molecule has 0 aliphatic carbocycles. The van der Waals surface area contributed by atoms with Gasteiger partial charge in [-0.2, -0.15) is 0 Å². The second-order valence-corrected chi connectivity index (χ2v) is 6.18. The van der Waals surface area contributed by atoms with Crippen molar-refractivity contribution in [3.63, 3.8) is 0 Å². The van der Waals surface area contributed by atoms with Crippen molar-refractivity contribution in [3.8, 4) is 17.1 Å². The molecule has 0 atom stereocenters. The molecular formula is C19H13N6+. The van der Waals surface area contributed by atoms with Gasteiger partial charge in [0.1, 0.15) is 12.0 Å². The minimum Gasteiger partial charge on any atom is -0.264 e. The van der Waals surface area contributed by atoms with Crippen LogP contribution in [0.3, 0.4) is 0 Å². The van der Waals surface area contributed by atoms with E-state index in [4.69, 9.17) is 4.98 Å². The maximum Gasteiger partial charge on any atom is 0.324 e. The second kappa shape index (κ2) is 4.51. The molecule has 4 aromatic heterocycles. The van der Waals surface area contributed by atoms with Gasteiger partial charge in [-0.15, -0.1) is 0 Å². The Hall–Kier alpha value is -3.54. The summed E-state index contributed by atoms with van der Waals surface area (Å²) in [6.45, 7) is 0.806. The molecular weight excluding hydrogens is 312 g/mol. The quantitative estimate of drug-likeness (QED) is 0.436. The number of para-hydroxylation sites is 1. The number of aromatic nitrogens is 6. The maximum atomic E-state index is 4.86. The lowest BCUT2D eigenvalue weighted by atomic mass is 10.2. The molecule has 0 spiro atoms. The molecule has 6 nitrogen and oxygen atoms in total. The molecule has 6 rings (SSSR count). The van der Waals surface area contributed by atoms with E-state index in [1.54, 1.807) is 6.20 Å². The number of nitrogens with zero attached hydrogens (tertiary/aromatic N) is 6. The monoisotopic (exact) mass is 325 g/mol. The fraction of sp³-hybridized carbons (Fsp3) is 0.0526. The Morgan fingerprint density at radius 3 is 2.76 bits per heavy atom. The van der Waals surface area contributed by atoms with Crippen molar-refractivity contribution in [3.05, 3.63) is 72.9 Å². The van der Waals surface area contributed by atoms with Crippen LogP contribution in [-0.4, -0.2) is 23.9 Å². The molecule has 0 N–H and O–H groups in total. The predicted octanol–water partition coefficient (Wildman–Crippen LogP) is 2.38. The molecule has 0 radical (unpaired) electrons. The molecule has 6 heteroatoms.